The molecule has 0 aliphatic heterocycles. The molecule has 158 valence electrons. The molecule has 1 aromatic heterocycles. The summed E-state index contributed by atoms with van der Waals surface area (Å²) in [6, 6.07) is 11.0. The number of nitrogens with one attached hydrogen (secondary N) is 2. The predicted octanol–water partition coefficient (Wildman–Crippen LogP) is 4.73. The molecule has 0 radical (unpaired) electrons. The fourth-order valence-electron chi connectivity index (χ4n) is 2.16. The number of ether oxygens (including phenoxy) is 1. The average Bonchev–Trinajstić information content (AvgIpc) is 3.14. The molecular weight excluding hydrogens is 444 g/mol. The number of alkyl halides is 3. The second kappa shape index (κ2) is 9.76. The van der Waals surface area contributed by atoms with E-state index in [1.165, 1.54) is 59.5 Å². The fourth-order valence-corrected chi connectivity index (χ4v) is 3.77. The maximum Gasteiger partial charge on any atom is 0.573 e. The Balaban J connectivity index is 1.44. The van der Waals surface area contributed by atoms with E-state index < -0.39 is 6.36 Å². The normalized spacial score (nSPS) is 11.2. The van der Waals surface area contributed by atoms with E-state index in [1.54, 1.807) is 12.1 Å². The number of amides is 1. The molecule has 30 heavy (non-hydrogen) atoms. The van der Waals surface area contributed by atoms with Crippen molar-refractivity contribution in [3.05, 3.63) is 59.9 Å². The number of carbonyl (C=O) groups excluding carboxylic acids is 1. The molecule has 3 aromatic rings. The highest BCUT2D eigenvalue weighted by Crippen LogP contribution is 2.29. The van der Waals surface area contributed by atoms with Crippen molar-refractivity contribution >= 4 is 39.8 Å². The molecule has 0 saturated carbocycles. The molecule has 2 aromatic carbocycles. The monoisotopic (exact) mass is 458 g/mol. The van der Waals surface area contributed by atoms with E-state index in [1.807, 2.05) is 0 Å². The maximum absolute atomic E-state index is 12.9. The molecule has 3 rings (SSSR count). The lowest BCUT2D eigenvalue weighted by atomic mass is 10.2. The summed E-state index contributed by atoms with van der Waals surface area (Å²) in [5, 5.41) is 13.9. The zero-order valence-corrected chi connectivity index (χ0v) is 16.7. The van der Waals surface area contributed by atoms with Crippen LogP contribution < -0.4 is 15.4 Å². The van der Waals surface area contributed by atoms with Crippen molar-refractivity contribution in [1.82, 2.24) is 15.5 Å². The number of anilines is 2. The maximum atomic E-state index is 12.9. The lowest BCUT2D eigenvalue weighted by Gasteiger charge is -2.09. The van der Waals surface area contributed by atoms with Gasteiger partial charge < -0.3 is 15.4 Å². The molecule has 2 N–H and O–H groups in total. The summed E-state index contributed by atoms with van der Waals surface area (Å²) < 4.78 is 53.7. The minimum atomic E-state index is -4.74. The van der Waals surface area contributed by atoms with Crippen LogP contribution in [-0.4, -0.2) is 28.2 Å². The van der Waals surface area contributed by atoms with Gasteiger partial charge in [-0.1, -0.05) is 35.2 Å². The van der Waals surface area contributed by atoms with Crippen molar-refractivity contribution in [2.75, 3.05) is 11.1 Å². The number of hydrogen-bond acceptors (Lipinski definition) is 7. The van der Waals surface area contributed by atoms with Gasteiger partial charge in [-0.05, 0) is 42.0 Å². The minimum Gasteiger partial charge on any atom is -0.406 e. The number of carbonyl (C=O) groups is 1. The standard InChI is InChI=1S/C18H14F4N4O2S2/c19-12-3-1-11(2-4-12)9-23-15(27)10-29-17-26-25-16(30-17)24-13-5-7-14(8-6-13)28-18(20,21)22/h1-8H,9-10H2,(H,23,27)(H,24,25). The number of hydrogen-bond donors (Lipinski definition) is 2. The van der Waals surface area contributed by atoms with E-state index >= 15 is 0 Å². The van der Waals surface area contributed by atoms with Crippen LogP contribution in [0.5, 0.6) is 5.75 Å². The largest absolute Gasteiger partial charge is 0.573 e. The van der Waals surface area contributed by atoms with Crippen LogP contribution in [0.15, 0.2) is 52.9 Å². The second-order valence-corrected chi connectivity index (χ2v) is 7.96. The van der Waals surface area contributed by atoms with Gasteiger partial charge in [0.15, 0.2) is 4.34 Å². The van der Waals surface area contributed by atoms with Crippen molar-refractivity contribution in [1.29, 1.82) is 0 Å². The van der Waals surface area contributed by atoms with Crippen LogP contribution in [0.1, 0.15) is 5.56 Å². The molecule has 0 aliphatic rings. The van der Waals surface area contributed by atoms with Crippen LogP contribution in [0.2, 0.25) is 0 Å². The summed E-state index contributed by atoms with van der Waals surface area (Å²) in [5.41, 5.74) is 1.29. The predicted molar refractivity (Wildman–Crippen MR) is 105 cm³/mol. The third kappa shape index (κ3) is 7.19. The highest BCUT2D eigenvalue weighted by Gasteiger charge is 2.30. The first-order chi connectivity index (χ1) is 14.3. The summed E-state index contributed by atoms with van der Waals surface area (Å²) in [6.45, 7) is 0.288. The molecule has 12 heteroatoms. The summed E-state index contributed by atoms with van der Waals surface area (Å²) in [4.78, 5) is 11.9. The van der Waals surface area contributed by atoms with E-state index in [0.29, 0.717) is 15.2 Å². The third-order valence-corrected chi connectivity index (χ3v) is 5.45. The molecule has 1 amide bonds. The van der Waals surface area contributed by atoms with Gasteiger partial charge in [0.25, 0.3) is 0 Å². The highest BCUT2D eigenvalue weighted by molar-refractivity contribution is 8.01. The van der Waals surface area contributed by atoms with Crippen molar-refractivity contribution in [3.8, 4) is 5.75 Å². The molecule has 0 saturated heterocycles. The Morgan fingerprint density at radius 3 is 2.43 bits per heavy atom. The summed E-state index contributed by atoms with van der Waals surface area (Å²) >= 11 is 2.39. The van der Waals surface area contributed by atoms with Crippen LogP contribution in [-0.2, 0) is 11.3 Å². The van der Waals surface area contributed by atoms with E-state index in [-0.39, 0.29) is 29.8 Å². The van der Waals surface area contributed by atoms with Crippen molar-refractivity contribution in [2.45, 2.75) is 17.2 Å². The number of aromatic nitrogens is 2. The topological polar surface area (TPSA) is 76.1 Å². The van der Waals surface area contributed by atoms with E-state index in [9.17, 15) is 22.4 Å². The van der Waals surface area contributed by atoms with Gasteiger partial charge in [-0.3, -0.25) is 4.79 Å². The Kier molecular flexibility index (Phi) is 7.11. The average molecular weight is 458 g/mol. The second-order valence-electron chi connectivity index (χ2n) is 5.76. The first-order valence-electron chi connectivity index (χ1n) is 8.37. The molecule has 6 nitrogen and oxygen atoms in total. The summed E-state index contributed by atoms with van der Waals surface area (Å²) in [7, 11) is 0. The summed E-state index contributed by atoms with van der Waals surface area (Å²) in [5.74, 6) is -0.756. The van der Waals surface area contributed by atoms with E-state index in [0.717, 1.165) is 5.56 Å². The zero-order valence-electron chi connectivity index (χ0n) is 15.1. The Hall–Kier alpha value is -2.86. The van der Waals surface area contributed by atoms with Crippen LogP contribution in [0.3, 0.4) is 0 Å². The fraction of sp³-hybridized carbons (Fsp3) is 0.167. The number of nitrogens with zero attached hydrogens (tertiary/aromatic N) is 2. The Morgan fingerprint density at radius 1 is 1.07 bits per heavy atom. The lowest BCUT2D eigenvalue weighted by molar-refractivity contribution is -0.274. The molecule has 0 fully saturated rings. The molecule has 0 spiro atoms. The quantitative estimate of drug-likeness (QED) is 0.376. The number of halogens is 4. The first kappa shape index (κ1) is 21.8. The highest BCUT2D eigenvalue weighted by atomic mass is 32.2. The summed E-state index contributed by atoms with van der Waals surface area (Å²) in [6.07, 6.45) is -4.74. The van der Waals surface area contributed by atoms with Crippen LogP contribution in [0.4, 0.5) is 28.4 Å². The molecular formula is C18H14F4N4O2S2. The van der Waals surface area contributed by atoms with Gasteiger partial charge >= 0.3 is 6.36 Å². The number of thioether (sulfide) groups is 1. The molecule has 0 bridgehead atoms. The van der Waals surface area contributed by atoms with E-state index in [4.69, 9.17) is 0 Å². The van der Waals surface area contributed by atoms with Crippen LogP contribution in [0, 0.1) is 5.82 Å². The molecule has 0 atom stereocenters. The molecule has 0 unspecified atom stereocenters. The molecule has 1 heterocycles. The zero-order chi connectivity index (χ0) is 21.6. The van der Waals surface area contributed by atoms with Crippen molar-refractivity contribution < 1.29 is 27.1 Å². The SMILES string of the molecule is O=C(CSc1nnc(Nc2ccc(OC(F)(F)F)cc2)s1)NCc1ccc(F)cc1. The Bertz CT molecular complexity index is 979. The van der Waals surface area contributed by atoms with Crippen molar-refractivity contribution in [2.24, 2.45) is 0 Å². The van der Waals surface area contributed by atoms with Gasteiger partial charge in [0.2, 0.25) is 11.0 Å². The smallest absolute Gasteiger partial charge is 0.406 e. The minimum absolute atomic E-state index is 0.124. The van der Waals surface area contributed by atoms with Crippen LogP contribution >= 0.6 is 23.1 Å². The lowest BCUT2D eigenvalue weighted by Crippen LogP contribution is -2.24. The van der Waals surface area contributed by atoms with Crippen LogP contribution in [0.25, 0.3) is 0 Å². The van der Waals surface area contributed by atoms with E-state index in [2.05, 4.69) is 25.6 Å². The van der Waals surface area contributed by atoms with Gasteiger partial charge in [-0.15, -0.1) is 23.4 Å². The Morgan fingerprint density at radius 2 is 1.77 bits per heavy atom. The number of benzene rings is 2. The van der Waals surface area contributed by atoms with Gasteiger partial charge in [0.1, 0.15) is 11.6 Å². The van der Waals surface area contributed by atoms with Crippen molar-refractivity contribution in [3.63, 3.8) is 0 Å². The third-order valence-electron chi connectivity index (χ3n) is 3.48. The van der Waals surface area contributed by atoms with Gasteiger partial charge in [0, 0.05) is 12.2 Å². The first-order valence-corrected chi connectivity index (χ1v) is 10.2. The number of rotatable bonds is 8. The van der Waals surface area contributed by atoms with Gasteiger partial charge in [0.05, 0.1) is 5.75 Å². The van der Waals surface area contributed by atoms with Gasteiger partial charge in [-0.25, -0.2) is 4.39 Å². The van der Waals surface area contributed by atoms with Gasteiger partial charge in [-0.2, -0.15) is 0 Å². The Labute approximate surface area is 176 Å². The molecule has 0 aliphatic carbocycles.